The molecule has 2 N–H and O–H groups in total. The Morgan fingerprint density at radius 2 is 2.11 bits per heavy atom. The van der Waals surface area contributed by atoms with Gasteiger partial charge in [0, 0.05) is 17.1 Å². The zero-order valence-electron chi connectivity index (χ0n) is 11.0. The lowest BCUT2D eigenvalue weighted by atomic mass is 10.1. The van der Waals surface area contributed by atoms with Gasteiger partial charge < -0.3 is 10.5 Å². The van der Waals surface area contributed by atoms with E-state index in [1.807, 2.05) is 20.8 Å². The second-order valence-corrected chi connectivity index (χ2v) is 5.35. The molecule has 0 aliphatic carbocycles. The molecular weight excluding hydrogens is 230 g/mol. The van der Waals surface area contributed by atoms with E-state index >= 15 is 0 Å². The summed E-state index contributed by atoms with van der Waals surface area (Å²) in [6, 6.07) is 3.52. The number of nitrogens with one attached hydrogen (secondary N) is 1. The maximum atomic E-state index is 12.2. The summed E-state index contributed by atoms with van der Waals surface area (Å²) in [7, 11) is 0. The summed E-state index contributed by atoms with van der Waals surface area (Å²) in [5, 5.41) is 13.4. The van der Waals surface area contributed by atoms with Crippen molar-refractivity contribution in [2.45, 2.75) is 33.2 Å². The largest absolute Gasteiger partial charge is 0.427 e. The standard InChI is InChI=1S/C13H17N3O2/c1-8-10(12(17)15-13(2,3)4)9-6-5-7-14-11(9)16(8)18/h5-7,18H,1-4H3,(H,15,17). The molecule has 0 unspecified atom stereocenters. The lowest BCUT2D eigenvalue weighted by molar-refractivity contribution is 0.0917. The van der Waals surface area contributed by atoms with Crippen molar-refractivity contribution in [2.75, 3.05) is 0 Å². The number of hydrogen-bond donors (Lipinski definition) is 2. The van der Waals surface area contributed by atoms with E-state index in [2.05, 4.69) is 10.3 Å². The van der Waals surface area contributed by atoms with Gasteiger partial charge in [0.05, 0.1) is 11.3 Å². The highest BCUT2D eigenvalue weighted by Crippen LogP contribution is 2.23. The Balaban J connectivity index is 2.58. The molecule has 0 saturated heterocycles. The maximum absolute atomic E-state index is 12.2. The zero-order chi connectivity index (χ0) is 13.5. The summed E-state index contributed by atoms with van der Waals surface area (Å²) in [5.74, 6) is -0.203. The van der Waals surface area contributed by atoms with Crippen LogP contribution in [0.1, 0.15) is 36.8 Å². The first-order chi connectivity index (χ1) is 8.31. The van der Waals surface area contributed by atoms with Gasteiger partial charge in [-0.2, -0.15) is 4.73 Å². The molecule has 0 saturated carbocycles. The average Bonchev–Trinajstić information content (AvgIpc) is 2.50. The number of carbonyl (C=O) groups is 1. The van der Waals surface area contributed by atoms with Gasteiger partial charge in [0.25, 0.3) is 5.91 Å². The van der Waals surface area contributed by atoms with Crippen LogP contribution in [0.3, 0.4) is 0 Å². The smallest absolute Gasteiger partial charge is 0.254 e. The molecule has 5 nitrogen and oxygen atoms in total. The summed E-state index contributed by atoms with van der Waals surface area (Å²) in [4.78, 5) is 16.3. The van der Waals surface area contributed by atoms with Gasteiger partial charge in [-0.1, -0.05) is 0 Å². The minimum atomic E-state index is -0.324. The normalized spacial score (nSPS) is 11.8. The van der Waals surface area contributed by atoms with Crippen LogP contribution < -0.4 is 5.32 Å². The van der Waals surface area contributed by atoms with E-state index in [0.717, 1.165) is 4.73 Å². The second kappa shape index (κ2) is 4.01. The van der Waals surface area contributed by atoms with Crippen molar-refractivity contribution in [2.24, 2.45) is 0 Å². The first-order valence-corrected chi connectivity index (χ1v) is 5.79. The fraction of sp³-hybridized carbons (Fsp3) is 0.385. The minimum absolute atomic E-state index is 0.203. The molecule has 0 radical (unpaired) electrons. The predicted molar refractivity (Wildman–Crippen MR) is 68.9 cm³/mol. The van der Waals surface area contributed by atoms with Gasteiger partial charge in [-0.15, -0.1) is 0 Å². The van der Waals surface area contributed by atoms with Crippen molar-refractivity contribution in [3.63, 3.8) is 0 Å². The van der Waals surface area contributed by atoms with Crippen LogP contribution in [0.15, 0.2) is 18.3 Å². The number of carbonyl (C=O) groups excluding carboxylic acids is 1. The Morgan fingerprint density at radius 1 is 1.44 bits per heavy atom. The Labute approximate surface area is 105 Å². The quantitative estimate of drug-likeness (QED) is 0.758. The second-order valence-electron chi connectivity index (χ2n) is 5.35. The van der Waals surface area contributed by atoms with Crippen LogP contribution in [-0.4, -0.2) is 26.4 Å². The molecule has 2 heterocycles. The number of fused-ring (bicyclic) bond motifs is 1. The number of nitrogens with zero attached hydrogens (tertiary/aromatic N) is 2. The average molecular weight is 247 g/mol. The van der Waals surface area contributed by atoms with Gasteiger partial charge in [0.15, 0.2) is 5.65 Å². The van der Waals surface area contributed by atoms with Crippen LogP contribution in [0.4, 0.5) is 0 Å². The molecule has 0 spiro atoms. The first-order valence-electron chi connectivity index (χ1n) is 5.79. The maximum Gasteiger partial charge on any atom is 0.254 e. The van der Waals surface area contributed by atoms with Crippen molar-refractivity contribution in [3.05, 3.63) is 29.6 Å². The van der Waals surface area contributed by atoms with Crippen LogP contribution in [-0.2, 0) is 0 Å². The predicted octanol–water partition coefficient (Wildman–Crippen LogP) is 2.11. The number of rotatable bonds is 1. The van der Waals surface area contributed by atoms with Gasteiger partial charge in [-0.05, 0) is 39.8 Å². The van der Waals surface area contributed by atoms with Crippen molar-refractivity contribution in [1.82, 2.24) is 15.0 Å². The summed E-state index contributed by atoms with van der Waals surface area (Å²) < 4.78 is 0.951. The van der Waals surface area contributed by atoms with E-state index in [-0.39, 0.29) is 11.4 Å². The monoisotopic (exact) mass is 247 g/mol. The van der Waals surface area contributed by atoms with Gasteiger partial charge in [-0.3, -0.25) is 4.79 Å². The van der Waals surface area contributed by atoms with Crippen LogP contribution >= 0.6 is 0 Å². The van der Waals surface area contributed by atoms with Gasteiger partial charge in [0.1, 0.15) is 0 Å². The SMILES string of the molecule is Cc1c(C(=O)NC(C)(C)C)c2cccnc2n1O. The Bertz CT molecular complexity index is 608. The molecule has 0 bridgehead atoms. The van der Waals surface area contributed by atoms with Crippen LogP contribution in [0, 0.1) is 6.92 Å². The molecular formula is C13H17N3O2. The van der Waals surface area contributed by atoms with E-state index in [1.165, 1.54) is 0 Å². The fourth-order valence-electron chi connectivity index (χ4n) is 1.91. The van der Waals surface area contributed by atoms with E-state index in [0.29, 0.717) is 22.3 Å². The fourth-order valence-corrected chi connectivity index (χ4v) is 1.91. The molecule has 0 aromatic carbocycles. The number of hydrogen-bond acceptors (Lipinski definition) is 3. The molecule has 1 amide bonds. The van der Waals surface area contributed by atoms with E-state index in [4.69, 9.17) is 0 Å². The summed E-state index contributed by atoms with van der Waals surface area (Å²) in [5.41, 5.74) is 1.03. The van der Waals surface area contributed by atoms with E-state index in [9.17, 15) is 10.0 Å². The molecule has 96 valence electrons. The van der Waals surface area contributed by atoms with E-state index < -0.39 is 0 Å². The van der Waals surface area contributed by atoms with Gasteiger partial charge in [0.2, 0.25) is 0 Å². The third kappa shape index (κ3) is 2.03. The summed E-state index contributed by atoms with van der Waals surface area (Å²) in [6.45, 7) is 7.43. The Hall–Kier alpha value is -2.04. The third-order valence-corrected chi connectivity index (χ3v) is 2.65. The van der Waals surface area contributed by atoms with Crippen molar-refractivity contribution in [3.8, 4) is 0 Å². The van der Waals surface area contributed by atoms with Crippen LogP contribution in [0.2, 0.25) is 0 Å². The van der Waals surface area contributed by atoms with Crippen LogP contribution in [0.5, 0.6) is 0 Å². The molecule has 0 fully saturated rings. The molecule has 0 atom stereocenters. The molecule has 0 aliphatic heterocycles. The van der Waals surface area contributed by atoms with Gasteiger partial charge in [-0.25, -0.2) is 4.98 Å². The third-order valence-electron chi connectivity index (χ3n) is 2.65. The molecule has 5 heteroatoms. The topological polar surface area (TPSA) is 67.2 Å². The highest BCUT2D eigenvalue weighted by molar-refractivity contribution is 6.07. The molecule has 2 aromatic heterocycles. The van der Waals surface area contributed by atoms with Crippen molar-refractivity contribution < 1.29 is 10.0 Å². The lowest BCUT2D eigenvalue weighted by Crippen LogP contribution is -2.40. The van der Waals surface area contributed by atoms with Crippen molar-refractivity contribution >= 4 is 16.9 Å². The molecule has 2 rings (SSSR count). The highest BCUT2D eigenvalue weighted by atomic mass is 16.5. The molecule has 18 heavy (non-hydrogen) atoms. The Kier molecular flexibility index (Phi) is 2.77. The number of pyridine rings is 1. The summed E-state index contributed by atoms with van der Waals surface area (Å²) >= 11 is 0. The van der Waals surface area contributed by atoms with E-state index in [1.54, 1.807) is 25.3 Å². The zero-order valence-corrected chi connectivity index (χ0v) is 11.0. The highest BCUT2D eigenvalue weighted by Gasteiger charge is 2.23. The minimum Gasteiger partial charge on any atom is -0.427 e. The number of aromatic nitrogens is 2. The first kappa shape index (κ1) is 12.4. The van der Waals surface area contributed by atoms with Crippen molar-refractivity contribution in [1.29, 1.82) is 0 Å². The van der Waals surface area contributed by atoms with Gasteiger partial charge >= 0.3 is 0 Å². The Morgan fingerprint density at radius 3 is 2.72 bits per heavy atom. The lowest BCUT2D eigenvalue weighted by Gasteiger charge is -2.20. The van der Waals surface area contributed by atoms with Crippen LogP contribution in [0.25, 0.3) is 11.0 Å². The molecule has 2 aromatic rings. The summed E-state index contributed by atoms with van der Waals surface area (Å²) in [6.07, 6.45) is 1.58. The number of amides is 1. The molecule has 0 aliphatic rings.